The van der Waals surface area contributed by atoms with Gasteiger partial charge in [-0.2, -0.15) is 0 Å². The smallest absolute Gasteiger partial charge is 0.469 e. The molecule has 6 heteroatoms. The molecule has 0 radical (unpaired) electrons. The van der Waals surface area contributed by atoms with E-state index in [-0.39, 0.29) is 5.97 Å². The van der Waals surface area contributed by atoms with Gasteiger partial charge in [0.2, 0.25) is 0 Å². The molecule has 18 heavy (non-hydrogen) atoms. The third kappa shape index (κ3) is 5.05. The average Bonchev–Trinajstić information content (AvgIpc) is 2.28. The van der Waals surface area contributed by atoms with E-state index in [2.05, 4.69) is 0 Å². The molecule has 0 saturated carbocycles. The monoisotopic (exact) mass is 278 g/mol. The van der Waals surface area contributed by atoms with E-state index in [1.165, 1.54) is 7.11 Å². The first-order chi connectivity index (χ1) is 8.37. The van der Waals surface area contributed by atoms with Crippen LogP contribution in [0, 0.1) is 5.41 Å². The fourth-order valence-corrected chi connectivity index (χ4v) is 4.93. The van der Waals surface area contributed by atoms with Crippen LogP contribution in [0.5, 0.6) is 0 Å². The van der Waals surface area contributed by atoms with Crippen LogP contribution in [-0.4, -0.2) is 41.7 Å². The minimum absolute atomic E-state index is 0.279. The molecule has 5 nitrogen and oxygen atoms in total. The van der Waals surface area contributed by atoms with Crippen LogP contribution in [0.2, 0.25) is 6.04 Å². The molecule has 0 aromatic carbocycles. The summed E-state index contributed by atoms with van der Waals surface area (Å²) in [6.07, 6.45) is 0. The highest BCUT2D eigenvalue weighted by Gasteiger charge is 2.48. The third-order valence-electron chi connectivity index (χ3n) is 2.49. The van der Waals surface area contributed by atoms with Crippen LogP contribution in [0.3, 0.4) is 0 Å². The predicted octanol–water partition coefficient (Wildman–Crippen LogP) is 2.23. The highest BCUT2D eigenvalue weighted by Crippen LogP contribution is 2.31. The summed E-state index contributed by atoms with van der Waals surface area (Å²) in [7, 11) is -1.43. The first kappa shape index (κ1) is 17.6. The number of esters is 1. The van der Waals surface area contributed by atoms with Crippen molar-refractivity contribution in [3.05, 3.63) is 0 Å². The van der Waals surface area contributed by atoms with Crippen molar-refractivity contribution >= 4 is 14.8 Å². The number of hydrogen-bond acceptors (Lipinski definition) is 5. The van der Waals surface area contributed by atoms with E-state index in [1.54, 1.807) is 0 Å². The van der Waals surface area contributed by atoms with Crippen molar-refractivity contribution in [3.63, 3.8) is 0 Å². The minimum Gasteiger partial charge on any atom is -0.469 e. The number of carbonyl (C=O) groups excluding carboxylic acids is 1. The quantitative estimate of drug-likeness (QED) is 0.478. The Morgan fingerprint density at radius 1 is 1.00 bits per heavy atom. The topological polar surface area (TPSA) is 54.0 Å². The summed E-state index contributed by atoms with van der Waals surface area (Å²) in [5, 5.41) is 0. The van der Waals surface area contributed by atoms with Crippen LogP contribution >= 0.6 is 0 Å². The van der Waals surface area contributed by atoms with Crippen molar-refractivity contribution in [2.45, 2.75) is 40.7 Å². The standard InChI is InChI=1S/C12H26O5Si/c1-7-15-18(16-8-2,17-9-3)10-12(4,5)11(13)14-6/h7-10H2,1-6H3. The Morgan fingerprint density at radius 3 is 1.67 bits per heavy atom. The molecule has 0 saturated heterocycles. The summed E-state index contributed by atoms with van der Waals surface area (Å²) >= 11 is 0. The highest BCUT2D eigenvalue weighted by molar-refractivity contribution is 6.61. The molecule has 0 heterocycles. The average molecular weight is 278 g/mol. The number of ether oxygens (including phenoxy) is 1. The fraction of sp³-hybridized carbons (Fsp3) is 0.917. The number of rotatable bonds is 9. The van der Waals surface area contributed by atoms with Crippen molar-refractivity contribution in [1.29, 1.82) is 0 Å². The third-order valence-corrected chi connectivity index (χ3v) is 5.99. The van der Waals surface area contributed by atoms with Crippen LogP contribution in [0.15, 0.2) is 0 Å². The molecule has 0 aromatic heterocycles. The number of carbonyl (C=O) groups is 1. The Hall–Kier alpha value is -0.433. The predicted molar refractivity (Wildman–Crippen MR) is 71.2 cm³/mol. The van der Waals surface area contributed by atoms with E-state index in [0.29, 0.717) is 25.9 Å². The molecular formula is C12H26O5Si. The first-order valence-electron chi connectivity index (χ1n) is 6.37. The zero-order chi connectivity index (χ0) is 14.2. The van der Waals surface area contributed by atoms with E-state index in [1.807, 2.05) is 34.6 Å². The summed E-state index contributed by atoms with van der Waals surface area (Å²) in [4.78, 5) is 11.8. The van der Waals surface area contributed by atoms with Crippen LogP contribution in [0.25, 0.3) is 0 Å². The Labute approximate surface area is 111 Å². The molecule has 0 bridgehead atoms. The Bertz CT molecular complexity index is 238. The molecule has 0 aliphatic heterocycles. The molecule has 0 N–H and O–H groups in total. The molecule has 0 aromatic rings. The molecule has 0 spiro atoms. The normalized spacial score (nSPS) is 12.6. The van der Waals surface area contributed by atoms with Gasteiger partial charge in [0.05, 0.1) is 12.5 Å². The number of methoxy groups -OCH3 is 1. The van der Waals surface area contributed by atoms with Crippen LogP contribution in [0.4, 0.5) is 0 Å². The molecule has 0 fully saturated rings. The van der Waals surface area contributed by atoms with E-state index in [4.69, 9.17) is 18.0 Å². The van der Waals surface area contributed by atoms with Gasteiger partial charge in [-0.25, -0.2) is 0 Å². The van der Waals surface area contributed by atoms with Crippen molar-refractivity contribution in [1.82, 2.24) is 0 Å². The van der Waals surface area contributed by atoms with Gasteiger partial charge in [0, 0.05) is 25.9 Å². The van der Waals surface area contributed by atoms with Gasteiger partial charge in [-0.15, -0.1) is 0 Å². The SMILES string of the molecule is CCO[Si](CC(C)(C)C(=O)OC)(OCC)OCC. The van der Waals surface area contributed by atoms with Crippen molar-refractivity contribution in [3.8, 4) is 0 Å². The second kappa shape index (κ2) is 7.88. The minimum atomic E-state index is -2.81. The fourth-order valence-electron chi connectivity index (χ4n) is 1.83. The lowest BCUT2D eigenvalue weighted by Crippen LogP contribution is -2.50. The Kier molecular flexibility index (Phi) is 7.69. The maximum atomic E-state index is 11.8. The Balaban J connectivity index is 4.99. The van der Waals surface area contributed by atoms with E-state index in [9.17, 15) is 4.79 Å². The first-order valence-corrected chi connectivity index (χ1v) is 8.31. The molecule has 0 unspecified atom stereocenters. The summed E-state index contributed by atoms with van der Waals surface area (Å²) < 4.78 is 22.0. The van der Waals surface area contributed by atoms with Gasteiger partial charge >= 0.3 is 14.8 Å². The zero-order valence-electron chi connectivity index (χ0n) is 12.4. The van der Waals surface area contributed by atoms with Gasteiger partial charge in [0.15, 0.2) is 0 Å². The molecule has 0 aliphatic carbocycles. The molecule has 108 valence electrons. The summed E-state index contributed by atoms with van der Waals surface area (Å²) in [6, 6.07) is 0.419. The van der Waals surface area contributed by atoms with Crippen LogP contribution in [0.1, 0.15) is 34.6 Å². The Morgan fingerprint density at radius 2 is 1.39 bits per heavy atom. The van der Waals surface area contributed by atoms with Gasteiger partial charge in [-0.1, -0.05) is 0 Å². The second-order valence-electron chi connectivity index (χ2n) is 4.53. The summed E-state index contributed by atoms with van der Waals surface area (Å²) in [5.74, 6) is -0.279. The molecule has 0 rings (SSSR count). The van der Waals surface area contributed by atoms with E-state index < -0.39 is 14.2 Å². The zero-order valence-corrected chi connectivity index (χ0v) is 13.4. The molecule has 0 amide bonds. The van der Waals surface area contributed by atoms with E-state index >= 15 is 0 Å². The highest BCUT2D eigenvalue weighted by atomic mass is 28.4. The van der Waals surface area contributed by atoms with Crippen molar-refractivity contribution in [2.24, 2.45) is 5.41 Å². The summed E-state index contributed by atoms with van der Waals surface area (Å²) in [5.41, 5.74) is -0.680. The van der Waals surface area contributed by atoms with Crippen LogP contribution < -0.4 is 0 Å². The maximum absolute atomic E-state index is 11.8. The summed E-state index contributed by atoms with van der Waals surface area (Å²) in [6.45, 7) is 10.8. The lowest BCUT2D eigenvalue weighted by molar-refractivity contribution is -0.150. The molecule has 0 aliphatic rings. The van der Waals surface area contributed by atoms with Gasteiger partial charge in [-0.05, 0) is 34.6 Å². The van der Waals surface area contributed by atoms with Gasteiger partial charge in [0.25, 0.3) is 0 Å². The van der Waals surface area contributed by atoms with Gasteiger partial charge in [-0.3, -0.25) is 4.79 Å². The molecule has 0 atom stereocenters. The maximum Gasteiger partial charge on any atom is 0.502 e. The lowest BCUT2D eigenvalue weighted by atomic mass is 9.97. The van der Waals surface area contributed by atoms with E-state index in [0.717, 1.165) is 0 Å². The van der Waals surface area contributed by atoms with Crippen LogP contribution in [-0.2, 0) is 22.8 Å². The second-order valence-corrected chi connectivity index (χ2v) is 7.12. The van der Waals surface area contributed by atoms with Crippen molar-refractivity contribution < 1.29 is 22.8 Å². The number of hydrogen-bond donors (Lipinski definition) is 0. The van der Waals surface area contributed by atoms with Gasteiger partial charge < -0.3 is 18.0 Å². The van der Waals surface area contributed by atoms with Crippen molar-refractivity contribution in [2.75, 3.05) is 26.9 Å². The lowest BCUT2D eigenvalue weighted by Gasteiger charge is -2.33. The largest absolute Gasteiger partial charge is 0.502 e. The molecular weight excluding hydrogens is 252 g/mol. The van der Waals surface area contributed by atoms with Gasteiger partial charge in [0.1, 0.15) is 0 Å².